The maximum Gasteiger partial charge on any atom is 0.323 e. The van der Waals surface area contributed by atoms with Gasteiger partial charge in [0.25, 0.3) is 0 Å². The van der Waals surface area contributed by atoms with Gasteiger partial charge in [-0.3, -0.25) is 9.69 Å². The summed E-state index contributed by atoms with van der Waals surface area (Å²) < 4.78 is 10.8. The Kier molecular flexibility index (Phi) is 5.85. The fraction of sp³-hybridized carbons (Fsp3) is 0.692. The van der Waals surface area contributed by atoms with Gasteiger partial charge in [0.2, 0.25) is 0 Å². The van der Waals surface area contributed by atoms with E-state index >= 15 is 0 Å². The Hall–Kier alpha value is -1.48. The van der Waals surface area contributed by atoms with Gasteiger partial charge in [-0.25, -0.2) is 4.79 Å². The maximum atomic E-state index is 12.0. The van der Waals surface area contributed by atoms with E-state index in [1.807, 2.05) is 0 Å². The van der Waals surface area contributed by atoms with Crippen molar-refractivity contribution in [1.29, 1.82) is 0 Å². The number of ether oxygens (including phenoxy) is 2. The van der Waals surface area contributed by atoms with Crippen LogP contribution in [0.5, 0.6) is 0 Å². The number of aldehydes is 1. The molecule has 0 aromatic rings. The molecule has 1 saturated heterocycles. The van der Waals surface area contributed by atoms with Crippen LogP contribution in [0.4, 0.5) is 4.79 Å². The fourth-order valence-electron chi connectivity index (χ4n) is 2.27. The zero-order valence-electron chi connectivity index (χ0n) is 12.6. The normalized spacial score (nSPS) is 32.9. The molecule has 3 N–H and O–H groups in total. The molecule has 1 aliphatic heterocycles. The molecule has 1 rings (SSSR count). The Morgan fingerprint density at radius 2 is 2.19 bits per heavy atom. The van der Waals surface area contributed by atoms with Gasteiger partial charge in [0.1, 0.15) is 24.1 Å². The standard InChI is InChI=1S/C13H22N2O6/c1-8(6-16)5-15(12(18)14-3)11-10(20-4)13(2,19)9(7-17)21-11/h5-6,9-11,17,19H,7H2,1-4H3,(H,14,18)/b8-5-/t9-,10+,11-,13-/m1/s1. The topological polar surface area (TPSA) is 108 Å². The average molecular weight is 302 g/mol. The van der Waals surface area contributed by atoms with Crippen LogP contribution in [0.2, 0.25) is 0 Å². The second-order valence-electron chi connectivity index (χ2n) is 5.03. The summed E-state index contributed by atoms with van der Waals surface area (Å²) in [6.07, 6.45) is -0.878. The van der Waals surface area contributed by atoms with Gasteiger partial charge >= 0.3 is 6.03 Å². The van der Waals surface area contributed by atoms with Crippen molar-refractivity contribution in [3.8, 4) is 0 Å². The molecule has 120 valence electrons. The summed E-state index contributed by atoms with van der Waals surface area (Å²) >= 11 is 0. The van der Waals surface area contributed by atoms with Gasteiger partial charge in [0.15, 0.2) is 6.23 Å². The summed E-state index contributed by atoms with van der Waals surface area (Å²) in [5.74, 6) is 0. The smallest absolute Gasteiger partial charge is 0.323 e. The van der Waals surface area contributed by atoms with E-state index in [4.69, 9.17) is 9.47 Å². The fourth-order valence-corrected chi connectivity index (χ4v) is 2.27. The zero-order valence-corrected chi connectivity index (χ0v) is 12.6. The van der Waals surface area contributed by atoms with Crippen molar-refractivity contribution >= 4 is 12.3 Å². The van der Waals surface area contributed by atoms with E-state index in [0.29, 0.717) is 11.9 Å². The number of nitrogens with zero attached hydrogens (tertiary/aromatic N) is 1. The molecule has 8 nitrogen and oxygen atoms in total. The lowest BCUT2D eigenvalue weighted by atomic mass is 9.94. The van der Waals surface area contributed by atoms with E-state index in [1.54, 1.807) is 0 Å². The summed E-state index contributed by atoms with van der Waals surface area (Å²) in [6.45, 7) is 2.56. The Labute approximate surface area is 123 Å². The Morgan fingerprint density at radius 3 is 2.62 bits per heavy atom. The van der Waals surface area contributed by atoms with E-state index in [-0.39, 0.29) is 0 Å². The van der Waals surface area contributed by atoms with Crippen molar-refractivity contribution in [2.75, 3.05) is 20.8 Å². The molecule has 1 aliphatic rings. The van der Waals surface area contributed by atoms with Gasteiger partial charge in [-0.2, -0.15) is 0 Å². The number of nitrogens with one attached hydrogen (secondary N) is 1. The summed E-state index contributed by atoms with van der Waals surface area (Å²) in [5, 5.41) is 22.2. The molecule has 0 aliphatic carbocycles. The van der Waals surface area contributed by atoms with Gasteiger partial charge in [-0.15, -0.1) is 0 Å². The monoisotopic (exact) mass is 302 g/mol. The second-order valence-corrected chi connectivity index (χ2v) is 5.03. The molecule has 0 radical (unpaired) electrons. The minimum absolute atomic E-state index is 0.296. The number of carbonyl (C=O) groups excluding carboxylic acids is 2. The highest BCUT2D eigenvalue weighted by Crippen LogP contribution is 2.34. The minimum atomic E-state index is -1.48. The van der Waals surface area contributed by atoms with Crippen LogP contribution in [-0.4, -0.2) is 72.2 Å². The molecule has 0 unspecified atom stereocenters. The second kappa shape index (κ2) is 6.99. The maximum absolute atomic E-state index is 12.0. The molecule has 2 amide bonds. The van der Waals surface area contributed by atoms with Crippen LogP contribution in [0.1, 0.15) is 13.8 Å². The van der Waals surface area contributed by atoms with Crippen molar-refractivity contribution in [2.24, 2.45) is 0 Å². The highest BCUT2D eigenvalue weighted by Gasteiger charge is 2.55. The third-order valence-electron chi connectivity index (χ3n) is 3.46. The van der Waals surface area contributed by atoms with E-state index in [1.165, 1.54) is 34.2 Å². The number of allylic oxidation sites excluding steroid dienone is 1. The number of hydrogen-bond acceptors (Lipinski definition) is 6. The number of methoxy groups -OCH3 is 1. The highest BCUT2D eigenvalue weighted by molar-refractivity contribution is 5.78. The SMILES string of the molecule is CNC(=O)N(/C=C(/C)C=O)[C@@H]1O[C@H](CO)[C@@](C)(O)[C@H]1OC. The van der Waals surface area contributed by atoms with Crippen LogP contribution in [0.3, 0.4) is 0 Å². The molecular formula is C13H22N2O6. The lowest BCUT2D eigenvalue weighted by molar-refractivity contribution is -0.105. The molecule has 1 fully saturated rings. The lowest BCUT2D eigenvalue weighted by Crippen LogP contribution is -2.52. The quantitative estimate of drug-likeness (QED) is 0.454. The first-order valence-electron chi connectivity index (χ1n) is 6.48. The van der Waals surface area contributed by atoms with E-state index in [9.17, 15) is 19.8 Å². The molecule has 0 spiro atoms. The molecule has 0 saturated carbocycles. The van der Waals surface area contributed by atoms with Crippen molar-refractivity contribution in [3.05, 3.63) is 11.8 Å². The van der Waals surface area contributed by atoms with Gasteiger partial charge in [0, 0.05) is 25.9 Å². The Morgan fingerprint density at radius 1 is 1.57 bits per heavy atom. The number of hydrogen-bond donors (Lipinski definition) is 3. The van der Waals surface area contributed by atoms with E-state index in [2.05, 4.69) is 5.32 Å². The number of aliphatic hydroxyl groups excluding tert-OH is 1. The van der Waals surface area contributed by atoms with Crippen LogP contribution in [0.15, 0.2) is 11.8 Å². The number of urea groups is 1. The summed E-state index contributed by atoms with van der Waals surface area (Å²) in [5.41, 5.74) is -1.19. The minimum Gasteiger partial charge on any atom is -0.394 e. The van der Waals surface area contributed by atoms with Crippen LogP contribution >= 0.6 is 0 Å². The first-order chi connectivity index (χ1) is 9.83. The molecule has 8 heteroatoms. The number of carbonyl (C=O) groups is 2. The predicted octanol–water partition coefficient (Wildman–Crippen LogP) is -0.786. The molecule has 0 aromatic carbocycles. The van der Waals surface area contributed by atoms with Crippen LogP contribution in [0.25, 0.3) is 0 Å². The Bertz CT molecular complexity index is 423. The lowest BCUT2D eigenvalue weighted by Gasteiger charge is -2.31. The zero-order chi connectivity index (χ0) is 16.2. The third-order valence-corrected chi connectivity index (χ3v) is 3.46. The van der Waals surface area contributed by atoms with Crippen LogP contribution in [-0.2, 0) is 14.3 Å². The van der Waals surface area contributed by atoms with Gasteiger partial charge in [-0.1, -0.05) is 0 Å². The Balaban J connectivity index is 3.18. The molecule has 21 heavy (non-hydrogen) atoms. The first-order valence-corrected chi connectivity index (χ1v) is 6.48. The molecule has 4 atom stereocenters. The number of aliphatic hydroxyl groups is 2. The third kappa shape index (κ3) is 3.41. The summed E-state index contributed by atoms with van der Waals surface area (Å²) in [4.78, 5) is 23.9. The number of amides is 2. The van der Waals surface area contributed by atoms with Gasteiger partial charge in [-0.05, 0) is 13.8 Å². The van der Waals surface area contributed by atoms with Gasteiger partial charge in [0.05, 0.1) is 6.61 Å². The summed E-state index contributed by atoms with van der Waals surface area (Å²) in [7, 11) is 2.80. The molecule has 0 bridgehead atoms. The van der Waals surface area contributed by atoms with Crippen molar-refractivity contribution in [2.45, 2.75) is 37.9 Å². The largest absolute Gasteiger partial charge is 0.394 e. The van der Waals surface area contributed by atoms with Crippen LogP contribution < -0.4 is 5.32 Å². The van der Waals surface area contributed by atoms with Crippen molar-refractivity contribution < 1.29 is 29.3 Å². The number of rotatable bonds is 5. The van der Waals surface area contributed by atoms with E-state index in [0.717, 1.165) is 4.90 Å². The first kappa shape index (κ1) is 17.6. The molecule has 0 aromatic heterocycles. The van der Waals surface area contributed by atoms with Crippen molar-refractivity contribution in [1.82, 2.24) is 10.2 Å². The summed E-state index contributed by atoms with van der Waals surface area (Å²) in [6, 6.07) is -0.530. The average Bonchev–Trinajstić information content (AvgIpc) is 2.73. The molecular weight excluding hydrogens is 280 g/mol. The van der Waals surface area contributed by atoms with Crippen LogP contribution in [0, 0.1) is 0 Å². The predicted molar refractivity (Wildman–Crippen MR) is 73.3 cm³/mol. The molecule has 1 heterocycles. The highest BCUT2D eigenvalue weighted by atomic mass is 16.6. The van der Waals surface area contributed by atoms with Crippen molar-refractivity contribution in [3.63, 3.8) is 0 Å². The van der Waals surface area contributed by atoms with Gasteiger partial charge < -0.3 is 25.0 Å². The van der Waals surface area contributed by atoms with E-state index < -0.39 is 36.7 Å².